The highest BCUT2D eigenvalue weighted by molar-refractivity contribution is 6.50. The summed E-state index contributed by atoms with van der Waals surface area (Å²) in [4.78, 5) is -1.19. The molecule has 1 radical (unpaired) electrons. The van der Waals surface area contributed by atoms with Crippen LogP contribution in [-0.4, -0.2) is 4.84 Å². The van der Waals surface area contributed by atoms with Crippen LogP contribution < -0.4 is 0 Å². The lowest BCUT2D eigenvalue weighted by molar-refractivity contribution is 0.584. The zero-order chi connectivity index (χ0) is 5.15. The Labute approximate surface area is 50.2 Å². The molecule has 0 spiro atoms. The van der Waals surface area contributed by atoms with Gasteiger partial charge in [0.25, 0.3) is 5.63 Å². The van der Waals surface area contributed by atoms with E-state index in [2.05, 4.69) is 11.6 Å². The first-order chi connectivity index (χ1) is 2.64. The molecule has 0 amide bonds. The fourth-order valence-electron chi connectivity index (χ4n) is 0. The van der Waals surface area contributed by atoms with E-state index in [0.29, 0.717) is 0 Å². The highest BCUT2D eigenvalue weighted by atomic mass is 35.5. The van der Waals surface area contributed by atoms with Crippen LogP contribution in [0.25, 0.3) is 0 Å². The van der Waals surface area contributed by atoms with Crippen LogP contribution >= 0.6 is 34.8 Å². The van der Waals surface area contributed by atoms with Crippen molar-refractivity contribution in [2.24, 2.45) is 0 Å². The van der Waals surface area contributed by atoms with Gasteiger partial charge < -0.3 is 0 Å². The molecule has 0 saturated carbocycles. The van der Waals surface area contributed by atoms with Gasteiger partial charge in [0.1, 0.15) is 0 Å². The van der Waals surface area contributed by atoms with Gasteiger partial charge >= 0.3 is 0 Å². The summed E-state index contributed by atoms with van der Waals surface area (Å²) in [7, 11) is 0. The molecule has 0 fully saturated rings. The Morgan fingerprint density at radius 1 is 1.50 bits per heavy atom. The van der Waals surface area contributed by atoms with Crippen LogP contribution in [0.1, 0.15) is 0 Å². The van der Waals surface area contributed by atoms with E-state index in [1.165, 1.54) is 0 Å². The number of rotatable bonds is 1. The van der Waals surface area contributed by atoms with Crippen molar-refractivity contribution in [2.75, 3.05) is 0 Å². The van der Waals surface area contributed by atoms with E-state index < -0.39 is 10.5 Å². The molecular formula is C2HCl3F. The lowest BCUT2D eigenvalue weighted by atomic mass is 10.9. The van der Waals surface area contributed by atoms with Crippen molar-refractivity contribution in [3.8, 4) is 0 Å². The molecular weight excluding hydrogens is 149 g/mol. The van der Waals surface area contributed by atoms with Crippen LogP contribution in [0.2, 0.25) is 0 Å². The van der Waals surface area contributed by atoms with Crippen LogP contribution in [0.5, 0.6) is 0 Å². The second kappa shape index (κ2) is 2.89. The highest BCUT2D eigenvalue weighted by Gasteiger charge is 2.11. The Bertz CT molecular complexity index is 29.8. The highest BCUT2D eigenvalue weighted by Crippen LogP contribution is 2.21. The topological polar surface area (TPSA) is 0 Å². The molecule has 37 valence electrons. The second-order valence-corrected chi connectivity index (χ2v) is 2.05. The van der Waals surface area contributed by atoms with Gasteiger partial charge in [-0.2, -0.15) is 0 Å². The van der Waals surface area contributed by atoms with E-state index in [1.54, 1.807) is 0 Å². The predicted octanol–water partition coefficient (Wildman–Crippen LogP) is 2.49. The van der Waals surface area contributed by atoms with Crippen LogP contribution in [0, 0.1) is 5.63 Å². The Morgan fingerprint density at radius 3 is 1.67 bits per heavy atom. The Balaban J connectivity index is 2.99. The number of alkyl halides is 2. The molecule has 4 heteroatoms. The van der Waals surface area contributed by atoms with Crippen molar-refractivity contribution in [1.29, 1.82) is 0 Å². The van der Waals surface area contributed by atoms with Gasteiger partial charge in [0, 0.05) is 0 Å². The molecule has 0 aliphatic rings. The maximum Gasteiger partial charge on any atom is 0.263 e. The summed E-state index contributed by atoms with van der Waals surface area (Å²) in [6, 6.07) is 0. The lowest BCUT2D eigenvalue weighted by Gasteiger charge is -1.91. The van der Waals surface area contributed by atoms with Crippen LogP contribution in [0.15, 0.2) is 0 Å². The van der Waals surface area contributed by atoms with Crippen molar-refractivity contribution >= 4 is 34.8 Å². The summed E-state index contributed by atoms with van der Waals surface area (Å²) in [6.45, 7) is 0. The third-order valence-corrected chi connectivity index (χ3v) is 0.990. The largest absolute Gasteiger partial charge is 0.263 e. The van der Waals surface area contributed by atoms with Gasteiger partial charge in [0.05, 0.1) is 0 Å². The van der Waals surface area contributed by atoms with Crippen molar-refractivity contribution in [1.82, 2.24) is 0 Å². The normalized spacial score (nSPS) is 11.0. The number of hydrogen-bond acceptors (Lipinski definition) is 0. The zero-order valence-electron chi connectivity index (χ0n) is 2.59. The first kappa shape index (κ1) is 6.80. The molecule has 0 aromatic heterocycles. The summed E-state index contributed by atoms with van der Waals surface area (Å²) in [5.41, 5.74) is -0.988. The lowest BCUT2D eigenvalue weighted by Crippen LogP contribution is -1.87. The van der Waals surface area contributed by atoms with Gasteiger partial charge in [-0.05, 0) is 0 Å². The van der Waals surface area contributed by atoms with E-state index in [0.717, 1.165) is 0 Å². The predicted molar refractivity (Wildman–Crippen MR) is 25.7 cm³/mol. The molecule has 0 aromatic rings. The molecule has 0 heterocycles. The van der Waals surface area contributed by atoms with Crippen molar-refractivity contribution in [2.45, 2.75) is 4.84 Å². The fraction of sp³-hybridized carbons (Fsp3) is 0.500. The van der Waals surface area contributed by atoms with E-state index in [4.69, 9.17) is 23.2 Å². The Kier molecular flexibility index (Phi) is 3.28. The second-order valence-electron chi connectivity index (χ2n) is 0.590. The Hall–Kier alpha value is 0.800. The average molecular weight is 150 g/mol. The van der Waals surface area contributed by atoms with Crippen LogP contribution in [0.3, 0.4) is 0 Å². The maximum atomic E-state index is 11.2. The molecule has 0 aliphatic heterocycles. The molecule has 0 aliphatic carbocycles. The van der Waals surface area contributed by atoms with Crippen molar-refractivity contribution in [3.05, 3.63) is 5.63 Å². The standard InChI is InChI=1S/C2HCl3F/c3-1(4)2(5)6/h1H. The minimum absolute atomic E-state index is 0.988. The van der Waals surface area contributed by atoms with Gasteiger partial charge in [-0.3, -0.25) is 0 Å². The molecule has 0 N–H and O–H groups in total. The Morgan fingerprint density at radius 2 is 1.67 bits per heavy atom. The first-order valence-corrected chi connectivity index (χ1v) is 2.35. The van der Waals surface area contributed by atoms with E-state index in [9.17, 15) is 4.39 Å². The van der Waals surface area contributed by atoms with E-state index >= 15 is 0 Å². The summed E-state index contributed by atoms with van der Waals surface area (Å²) in [6.07, 6.45) is 0. The van der Waals surface area contributed by atoms with Gasteiger partial charge in [-0.15, -0.1) is 23.2 Å². The minimum atomic E-state index is -1.19. The zero-order valence-corrected chi connectivity index (χ0v) is 4.86. The summed E-state index contributed by atoms with van der Waals surface area (Å²) in [5.74, 6) is 0. The van der Waals surface area contributed by atoms with Crippen LogP contribution in [-0.2, 0) is 0 Å². The molecule has 0 atom stereocenters. The van der Waals surface area contributed by atoms with E-state index in [-0.39, 0.29) is 0 Å². The summed E-state index contributed by atoms with van der Waals surface area (Å²) in [5, 5.41) is 0. The fourth-order valence-corrected chi connectivity index (χ4v) is 0. The molecule has 0 bridgehead atoms. The van der Waals surface area contributed by atoms with Gasteiger partial charge in [0.15, 0.2) is 4.84 Å². The SMILES string of the molecule is F[C](Cl)C(Cl)Cl. The molecule has 0 unspecified atom stereocenters. The quantitative estimate of drug-likeness (QED) is 0.504. The maximum absolute atomic E-state index is 11.2. The third-order valence-electron chi connectivity index (χ3n) is 0.165. The smallest absolute Gasteiger partial charge is 0.218 e. The first-order valence-electron chi connectivity index (χ1n) is 1.10. The number of hydrogen-bond donors (Lipinski definition) is 0. The minimum Gasteiger partial charge on any atom is -0.218 e. The monoisotopic (exact) mass is 149 g/mol. The number of halogens is 4. The van der Waals surface area contributed by atoms with Gasteiger partial charge in [0.2, 0.25) is 0 Å². The summed E-state index contributed by atoms with van der Waals surface area (Å²) < 4.78 is 11.2. The molecule has 0 aromatic carbocycles. The molecule has 0 saturated heterocycles. The van der Waals surface area contributed by atoms with Gasteiger partial charge in [-0.1, -0.05) is 11.6 Å². The van der Waals surface area contributed by atoms with Crippen molar-refractivity contribution < 1.29 is 4.39 Å². The summed E-state index contributed by atoms with van der Waals surface area (Å²) >= 11 is 14.3. The molecule has 0 rings (SSSR count). The third kappa shape index (κ3) is 3.01. The van der Waals surface area contributed by atoms with Crippen molar-refractivity contribution in [3.63, 3.8) is 0 Å². The van der Waals surface area contributed by atoms with Gasteiger partial charge in [-0.25, -0.2) is 4.39 Å². The van der Waals surface area contributed by atoms with E-state index in [1.807, 2.05) is 0 Å². The van der Waals surface area contributed by atoms with Crippen LogP contribution in [0.4, 0.5) is 4.39 Å². The molecule has 0 nitrogen and oxygen atoms in total. The molecule has 6 heavy (non-hydrogen) atoms. The average Bonchev–Trinajstić information content (AvgIpc) is 1.36.